The third kappa shape index (κ3) is 8.25. The van der Waals surface area contributed by atoms with Crippen molar-refractivity contribution in [3.8, 4) is 0 Å². The van der Waals surface area contributed by atoms with Gasteiger partial charge < -0.3 is 6.15 Å². The van der Waals surface area contributed by atoms with Crippen LogP contribution in [0.5, 0.6) is 0 Å². The third-order valence-electron chi connectivity index (χ3n) is 1.31. The first-order chi connectivity index (χ1) is 3.81. The van der Waals surface area contributed by atoms with Crippen molar-refractivity contribution in [2.75, 3.05) is 0 Å². The minimum atomic E-state index is 0. The van der Waals surface area contributed by atoms with E-state index in [1.807, 2.05) is 0 Å². The predicted octanol–water partition coefficient (Wildman–Crippen LogP) is 3.36. The molecule has 0 bridgehead atoms. The summed E-state index contributed by atoms with van der Waals surface area (Å²) in [4.78, 5) is 0. The summed E-state index contributed by atoms with van der Waals surface area (Å²) < 4.78 is 0. The predicted molar refractivity (Wildman–Crippen MR) is 44.5 cm³/mol. The SMILES string of the molecule is CCCCC(Cl)CC.N. The van der Waals surface area contributed by atoms with Crippen LogP contribution < -0.4 is 6.15 Å². The summed E-state index contributed by atoms with van der Waals surface area (Å²) in [6.45, 7) is 4.33. The molecule has 58 valence electrons. The zero-order valence-electron chi connectivity index (χ0n) is 6.49. The molecule has 0 aliphatic rings. The Morgan fingerprint density at radius 2 is 1.89 bits per heavy atom. The number of hydrogen-bond acceptors (Lipinski definition) is 1. The van der Waals surface area contributed by atoms with Gasteiger partial charge in [0.1, 0.15) is 0 Å². The number of hydrogen-bond donors (Lipinski definition) is 1. The lowest BCUT2D eigenvalue weighted by atomic mass is 10.2. The summed E-state index contributed by atoms with van der Waals surface area (Å²) in [5, 5.41) is 0.426. The van der Waals surface area contributed by atoms with Crippen molar-refractivity contribution in [1.29, 1.82) is 0 Å². The van der Waals surface area contributed by atoms with Crippen molar-refractivity contribution in [2.45, 2.75) is 44.9 Å². The molecule has 2 heteroatoms. The lowest BCUT2D eigenvalue weighted by Crippen LogP contribution is -1.93. The van der Waals surface area contributed by atoms with Crippen molar-refractivity contribution in [2.24, 2.45) is 0 Å². The average molecular weight is 152 g/mol. The molecule has 0 saturated carbocycles. The molecule has 0 aromatic carbocycles. The maximum Gasteiger partial charge on any atom is 0.0333 e. The van der Waals surface area contributed by atoms with Crippen LogP contribution in [0.15, 0.2) is 0 Å². The summed E-state index contributed by atoms with van der Waals surface area (Å²) in [5.41, 5.74) is 0. The molecule has 0 heterocycles. The van der Waals surface area contributed by atoms with Gasteiger partial charge in [-0.3, -0.25) is 0 Å². The van der Waals surface area contributed by atoms with E-state index in [2.05, 4.69) is 13.8 Å². The lowest BCUT2D eigenvalue weighted by Gasteiger charge is -2.01. The van der Waals surface area contributed by atoms with Gasteiger partial charge in [-0.2, -0.15) is 0 Å². The number of halogens is 1. The van der Waals surface area contributed by atoms with E-state index in [1.165, 1.54) is 19.3 Å². The fraction of sp³-hybridized carbons (Fsp3) is 1.00. The van der Waals surface area contributed by atoms with Gasteiger partial charge in [-0.05, 0) is 12.8 Å². The number of unbranched alkanes of at least 4 members (excludes halogenated alkanes) is 1. The highest BCUT2D eigenvalue weighted by atomic mass is 35.5. The van der Waals surface area contributed by atoms with Gasteiger partial charge in [0, 0.05) is 5.38 Å². The standard InChI is InChI=1S/C7H15Cl.H3N/c1-3-5-6-7(8)4-2;/h7H,3-6H2,1-2H3;1H3. The van der Waals surface area contributed by atoms with Gasteiger partial charge in [0.15, 0.2) is 0 Å². The minimum Gasteiger partial charge on any atom is -0.344 e. The van der Waals surface area contributed by atoms with Crippen LogP contribution in [0.3, 0.4) is 0 Å². The molecule has 1 unspecified atom stereocenters. The van der Waals surface area contributed by atoms with E-state index in [-0.39, 0.29) is 6.15 Å². The Morgan fingerprint density at radius 1 is 1.33 bits per heavy atom. The first-order valence-electron chi connectivity index (χ1n) is 3.45. The van der Waals surface area contributed by atoms with Crippen LogP contribution in [-0.4, -0.2) is 5.38 Å². The monoisotopic (exact) mass is 151 g/mol. The summed E-state index contributed by atoms with van der Waals surface area (Å²) in [6, 6.07) is 0. The van der Waals surface area contributed by atoms with Gasteiger partial charge in [-0.15, -0.1) is 11.6 Å². The molecule has 0 aliphatic heterocycles. The molecule has 0 radical (unpaired) electrons. The van der Waals surface area contributed by atoms with Gasteiger partial charge in [0.25, 0.3) is 0 Å². The third-order valence-corrected chi connectivity index (χ3v) is 1.84. The second-order valence-electron chi connectivity index (χ2n) is 2.15. The van der Waals surface area contributed by atoms with Gasteiger partial charge >= 0.3 is 0 Å². The summed E-state index contributed by atoms with van der Waals surface area (Å²) in [7, 11) is 0. The molecule has 0 rings (SSSR count). The maximum atomic E-state index is 5.84. The van der Waals surface area contributed by atoms with E-state index >= 15 is 0 Å². The Bertz CT molecular complexity index is 48.2. The molecule has 1 atom stereocenters. The lowest BCUT2D eigenvalue weighted by molar-refractivity contribution is 0.664. The van der Waals surface area contributed by atoms with E-state index in [0.717, 1.165) is 6.42 Å². The normalized spacial score (nSPS) is 12.3. The molecule has 0 aromatic heterocycles. The highest BCUT2D eigenvalue weighted by Gasteiger charge is 1.97. The molecule has 0 spiro atoms. The van der Waals surface area contributed by atoms with Crippen LogP contribution in [0.25, 0.3) is 0 Å². The van der Waals surface area contributed by atoms with Crippen molar-refractivity contribution in [1.82, 2.24) is 6.15 Å². The van der Waals surface area contributed by atoms with Gasteiger partial charge in [0.2, 0.25) is 0 Å². The molecule has 0 saturated heterocycles. The largest absolute Gasteiger partial charge is 0.344 e. The van der Waals surface area contributed by atoms with Crippen molar-refractivity contribution in [3.05, 3.63) is 0 Å². The van der Waals surface area contributed by atoms with E-state index in [1.54, 1.807) is 0 Å². The zero-order chi connectivity index (χ0) is 6.41. The first-order valence-corrected chi connectivity index (χ1v) is 3.89. The highest BCUT2D eigenvalue weighted by Crippen LogP contribution is 2.09. The minimum absolute atomic E-state index is 0. The Morgan fingerprint density at radius 3 is 2.22 bits per heavy atom. The zero-order valence-corrected chi connectivity index (χ0v) is 7.25. The van der Waals surface area contributed by atoms with Gasteiger partial charge in [-0.25, -0.2) is 0 Å². The van der Waals surface area contributed by atoms with E-state index in [9.17, 15) is 0 Å². The fourth-order valence-corrected chi connectivity index (χ4v) is 0.784. The Kier molecular flexibility index (Phi) is 11.0. The molecular formula is C7H18ClN. The van der Waals surface area contributed by atoms with Crippen molar-refractivity contribution < 1.29 is 0 Å². The van der Waals surface area contributed by atoms with Crippen LogP contribution in [-0.2, 0) is 0 Å². The topological polar surface area (TPSA) is 35.0 Å². The second kappa shape index (κ2) is 8.25. The molecule has 0 amide bonds. The van der Waals surface area contributed by atoms with Crippen LogP contribution in [0, 0.1) is 0 Å². The number of alkyl halides is 1. The fourth-order valence-electron chi connectivity index (χ4n) is 0.630. The Balaban J connectivity index is 0. The van der Waals surface area contributed by atoms with E-state index in [0.29, 0.717) is 5.38 Å². The van der Waals surface area contributed by atoms with Gasteiger partial charge in [0.05, 0.1) is 0 Å². The second-order valence-corrected chi connectivity index (χ2v) is 2.76. The first kappa shape index (κ1) is 12.0. The van der Waals surface area contributed by atoms with Crippen LogP contribution >= 0.6 is 11.6 Å². The Labute approximate surface area is 63.4 Å². The van der Waals surface area contributed by atoms with Crippen molar-refractivity contribution in [3.63, 3.8) is 0 Å². The van der Waals surface area contributed by atoms with Crippen LogP contribution in [0.1, 0.15) is 39.5 Å². The molecule has 9 heavy (non-hydrogen) atoms. The van der Waals surface area contributed by atoms with Crippen LogP contribution in [0.4, 0.5) is 0 Å². The number of rotatable bonds is 4. The molecule has 1 nitrogen and oxygen atoms in total. The molecule has 0 aliphatic carbocycles. The maximum absolute atomic E-state index is 5.84. The highest BCUT2D eigenvalue weighted by molar-refractivity contribution is 6.20. The molecule has 0 fully saturated rings. The van der Waals surface area contributed by atoms with E-state index < -0.39 is 0 Å². The Hall–Kier alpha value is 0.250. The smallest absolute Gasteiger partial charge is 0.0333 e. The van der Waals surface area contributed by atoms with Crippen LogP contribution in [0.2, 0.25) is 0 Å². The van der Waals surface area contributed by atoms with Gasteiger partial charge in [-0.1, -0.05) is 26.7 Å². The molecular weight excluding hydrogens is 134 g/mol. The average Bonchev–Trinajstić information content (AvgIpc) is 1.83. The molecule has 0 aromatic rings. The summed E-state index contributed by atoms with van der Waals surface area (Å²) in [5.74, 6) is 0. The molecule has 3 N–H and O–H groups in total. The summed E-state index contributed by atoms with van der Waals surface area (Å²) in [6.07, 6.45) is 4.85. The quantitative estimate of drug-likeness (QED) is 0.615. The summed E-state index contributed by atoms with van der Waals surface area (Å²) >= 11 is 5.84. The van der Waals surface area contributed by atoms with E-state index in [4.69, 9.17) is 11.6 Å². The van der Waals surface area contributed by atoms with Crippen molar-refractivity contribution >= 4 is 11.6 Å².